The summed E-state index contributed by atoms with van der Waals surface area (Å²) in [6.45, 7) is 6.68. The number of amides is 1. The molecular formula is C62H113N2O7P. The van der Waals surface area contributed by atoms with Crippen molar-refractivity contribution in [1.82, 2.24) is 5.32 Å². The number of phosphoric acid groups is 1. The summed E-state index contributed by atoms with van der Waals surface area (Å²) >= 11 is 0. The van der Waals surface area contributed by atoms with E-state index in [0.29, 0.717) is 23.9 Å². The second kappa shape index (κ2) is 51.9. The Kier molecular flexibility index (Phi) is 50.1. The SMILES string of the molecule is CC/C=C/C=C/C=C/CCCCCCCCCC(=O)OC(/C=C\CCCCCCCCCCCC)C(COP(=O)([O-])OCC[N+](C)(C)C)NC(=O)CCCCCCCCCCC/C=C\C/C=C\CCCCC. The van der Waals surface area contributed by atoms with Crippen LogP contribution < -0.4 is 10.2 Å². The Labute approximate surface area is 444 Å². The largest absolute Gasteiger partial charge is 0.756 e. The Balaban J connectivity index is 5.30. The predicted octanol–water partition coefficient (Wildman–Crippen LogP) is 17.4. The minimum atomic E-state index is -4.70. The molecule has 0 rings (SSSR count). The molecule has 0 bridgehead atoms. The molecule has 418 valence electrons. The number of nitrogens with one attached hydrogen (secondary N) is 1. The molecular weight excluding hydrogens is 916 g/mol. The molecule has 1 amide bonds. The fourth-order valence-corrected chi connectivity index (χ4v) is 9.04. The van der Waals surface area contributed by atoms with Crippen LogP contribution in [0.3, 0.4) is 0 Å². The van der Waals surface area contributed by atoms with Gasteiger partial charge in [0.15, 0.2) is 0 Å². The summed E-state index contributed by atoms with van der Waals surface area (Å²) in [6, 6.07) is -0.897. The van der Waals surface area contributed by atoms with Crippen LogP contribution in [0.25, 0.3) is 0 Å². The van der Waals surface area contributed by atoms with Gasteiger partial charge < -0.3 is 28.5 Å². The van der Waals surface area contributed by atoms with Crippen molar-refractivity contribution in [2.45, 2.75) is 270 Å². The molecule has 0 saturated carbocycles. The van der Waals surface area contributed by atoms with Gasteiger partial charge in [-0.2, -0.15) is 0 Å². The first-order chi connectivity index (χ1) is 34.9. The molecule has 0 radical (unpaired) electrons. The zero-order valence-corrected chi connectivity index (χ0v) is 48.5. The zero-order valence-electron chi connectivity index (χ0n) is 47.6. The monoisotopic (exact) mass is 1030 g/mol. The van der Waals surface area contributed by atoms with Gasteiger partial charge in [0.2, 0.25) is 5.91 Å². The summed E-state index contributed by atoms with van der Waals surface area (Å²) in [5.41, 5.74) is 0. The molecule has 1 N–H and O–H groups in total. The molecule has 0 aliphatic heterocycles. The smallest absolute Gasteiger partial charge is 0.306 e. The molecule has 0 aromatic rings. The predicted molar refractivity (Wildman–Crippen MR) is 307 cm³/mol. The van der Waals surface area contributed by atoms with Crippen molar-refractivity contribution in [2.24, 2.45) is 0 Å². The summed E-state index contributed by atoms with van der Waals surface area (Å²) in [7, 11) is 1.17. The van der Waals surface area contributed by atoms with E-state index in [1.54, 1.807) is 0 Å². The third-order valence-electron chi connectivity index (χ3n) is 12.9. The number of nitrogens with zero attached hydrogens (tertiary/aromatic N) is 1. The first-order valence-electron chi connectivity index (χ1n) is 29.8. The fraction of sp³-hybridized carbons (Fsp3) is 0.774. The first-order valence-corrected chi connectivity index (χ1v) is 31.2. The Bertz CT molecular complexity index is 1460. The normalized spacial score (nSPS) is 14.3. The van der Waals surface area contributed by atoms with Gasteiger partial charge in [0.25, 0.3) is 7.82 Å². The van der Waals surface area contributed by atoms with Gasteiger partial charge in [0.05, 0.1) is 33.8 Å². The number of quaternary nitrogens is 1. The highest BCUT2D eigenvalue weighted by Gasteiger charge is 2.27. The summed E-state index contributed by atoms with van der Waals surface area (Å²) in [4.78, 5) is 39.9. The van der Waals surface area contributed by atoms with Crippen molar-refractivity contribution in [2.75, 3.05) is 40.9 Å². The lowest BCUT2D eigenvalue weighted by Gasteiger charge is -2.30. The summed E-state index contributed by atoms with van der Waals surface area (Å²) in [6.07, 6.45) is 65.7. The molecule has 72 heavy (non-hydrogen) atoms. The highest BCUT2D eigenvalue weighted by atomic mass is 31.2. The third-order valence-corrected chi connectivity index (χ3v) is 13.9. The average molecular weight is 1030 g/mol. The van der Waals surface area contributed by atoms with Gasteiger partial charge in [-0.05, 0) is 83.1 Å². The first kappa shape index (κ1) is 69.5. The van der Waals surface area contributed by atoms with Crippen LogP contribution in [0.1, 0.15) is 258 Å². The van der Waals surface area contributed by atoms with E-state index in [1.807, 2.05) is 33.3 Å². The van der Waals surface area contributed by atoms with Gasteiger partial charge in [0, 0.05) is 12.8 Å². The summed E-state index contributed by atoms with van der Waals surface area (Å²) in [5, 5.41) is 3.02. The van der Waals surface area contributed by atoms with Crippen LogP contribution in [0, 0.1) is 0 Å². The van der Waals surface area contributed by atoms with Crippen molar-refractivity contribution < 1.29 is 37.3 Å². The van der Waals surface area contributed by atoms with E-state index in [1.165, 1.54) is 128 Å². The molecule has 3 atom stereocenters. The molecule has 3 unspecified atom stereocenters. The Morgan fingerprint density at radius 1 is 0.514 bits per heavy atom. The average Bonchev–Trinajstić information content (AvgIpc) is 3.34. The maximum atomic E-state index is 13.5. The number of likely N-dealkylation sites (N-methyl/N-ethyl adjacent to an activating group) is 1. The van der Waals surface area contributed by atoms with Crippen molar-refractivity contribution in [3.05, 3.63) is 72.9 Å². The van der Waals surface area contributed by atoms with Gasteiger partial charge in [-0.15, -0.1) is 0 Å². The molecule has 0 aromatic heterocycles. The van der Waals surface area contributed by atoms with E-state index in [-0.39, 0.29) is 24.9 Å². The minimum absolute atomic E-state index is 0.0275. The van der Waals surface area contributed by atoms with Gasteiger partial charge >= 0.3 is 5.97 Å². The second-order valence-electron chi connectivity index (χ2n) is 21.2. The van der Waals surface area contributed by atoms with Crippen LogP contribution in [0.2, 0.25) is 0 Å². The van der Waals surface area contributed by atoms with E-state index in [2.05, 4.69) is 86.8 Å². The van der Waals surface area contributed by atoms with Crippen LogP contribution in [0.15, 0.2) is 72.9 Å². The number of carbonyl (C=O) groups excluding carboxylic acids is 2. The number of hydrogen-bond donors (Lipinski definition) is 1. The number of esters is 1. The molecule has 10 heteroatoms. The number of rotatable bonds is 53. The molecule has 0 aliphatic carbocycles. The Morgan fingerprint density at radius 2 is 0.944 bits per heavy atom. The lowest BCUT2D eigenvalue weighted by Crippen LogP contribution is -2.47. The Hall–Kier alpha value is -2.55. The number of phosphoric ester groups is 1. The van der Waals surface area contributed by atoms with Gasteiger partial charge in [0.1, 0.15) is 19.3 Å². The van der Waals surface area contributed by atoms with Crippen LogP contribution >= 0.6 is 7.82 Å². The number of unbranched alkanes of at least 4 members (excludes halogenated alkanes) is 29. The van der Waals surface area contributed by atoms with Crippen molar-refractivity contribution in [1.29, 1.82) is 0 Å². The molecule has 0 spiro atoms. The van der Waals surface area contributed by atoms with E-state index in [9.17, 15) is 19.0 Å². The van der Waals surface area contributed by atoms with Gasteiger partial charge in [-0.3, -0.25) is 14.2 Å². The highest BCUT2D eigenvalue weighted by Crippen LogP contribution is 2.38. The molecule has 0 fully saturated rings. The highest BCUT2D eigenvalue weighted by molar-refractivity contribution is 7.45. The van der Waals surface area contributed by atoms with Gasteiger partial charge in [-0.1, -0.05) is 235 Å². The zero-order chi connectivity index (χ0) is 52.9. The quantitative estimate of drug-likeness (QED) is 0.0161. The molecule has 9 nitrogen and oxygen atoms in total. The fourth-order valence-electron chi connectivity index (χ4n) is 8.32. The van der Waals surface area contributed by atoms with E-state index < -0.39 is 26.6 Å². The molecule has 0 aromatic carbocycles. The second-order valence-corrected chi connectivity index (χ2v) is 22.6. The van der Waals surface area contributed by atoms with Crippen molar-refractivity contribution in [3.8, 4) is 0 Å². The van der Waals surface area contributed by atoms with Crippen LogP contribution in [0.4, 0.5) is 0 Å². The minimum Gasteiger partial charge on any atom is -0.756 e. The Morgan fingerprint density at radius 3 is 1.46 bits per heavy atom. The van der Waals surface area contributed by atoms with E-state index in [4.69, 9.17) is 13.8 Å². The van der Waals surface area contributed by atoms with Crippen molar-refractivity contribution in [3.63, 3.8) is 0 Å². The standard InChI is InChI=1S/C62H113N2O7P/c1-7-10-13-16-19-22-25-28-30-31-32-33-35-36-39-42-45-48-51-54-61(65)63-59(58-70-72(67,68)69-57-56-64(4,5)6)60(53-50-47-44-41-38-27-24-21-18-15-12-9-3)71-62(66)55-52-49-46-43-40-37-34-29-26-23-20-17-14-11-8-2/h11,14,17,19-20,22-23,26,28,30,50,53,59-60H,7-10,12-13,15-16,18,21,24-25,27,29,31-49,51-52,54-58H2,1-6H3,(H-,63,65,67,68)/b14-11+,20-17+,22-19-,26-23+,30-28-,53-50-. The van der Waals surface area contributed by atoms with Crippen LogP contribution in [-0.4, -0.2) is 69.4 Å². The molecule has 0 aliphatic rings. The lowest BCUT2D eigenvalue weighted by molar-refractivity contribution is -0.870. The lowest BCUT2D eigenvalue weighted by atomic mass is 10.0. The number of hydrogen-bond acceptors (Lipinski definition) is 7. The molecule has 0 heterocycles. The van der Waals surface area contributed by atoms with Crippen LogP contribution in [0.5, 0.6) is 0 Å². The maximum absolute atomic E-state index is 13.5. The van der Waals surface area contributed by atoms with E-state index in [0.717, 1.165) is 89.9 Å². The summed E-state index contributed by atoms with van der Waals surface area (Å²) < 4.78 is 30.3. The topological polar surface area (TPSA) is 114 Å². The number of carbonyl (C=O) groups is 2. The summed E-state index contributed by atoms with van der Waals surface area (Å²) in [5.74, 6) is -0.559. The number of allylic oxidation sites excluding steroid dienone is 11. The maximum Gasteiger partial charge on any atom is 0.306 e. The van der Waals surface area contributed by atoms with E-state index >= 15 is 0 Å². The number of ether oxygens (including phenoxy) is 1. The van der Waals surface area contributed by atoms with Crippen molar-refractivity contribution >= 4 is 19.7 Å². The van der Waals surface area contributed by atoms with Crippen LogP contribution in [-0.2, 0) is 27.9 Å². The third kappa shape index (κ3) is 52.3. The van der Waals surface area contributed by atoms with Gasteiger partial charge in [-0.25, -0.2) is 0 Å². The molecule has 0 saturated heterocycles.